The van der Waals surface area contributed by atoms with Gasteiger partial charge in [-0.05, 0) is 49.5 Å². The monoisotopic (exact) mass is 423 g/mol. The molecule has 31 heavy (non-hydrogen) atoms. The number of benzene rings is 2. The first-order valence-electron chi connectivity index (χ1n) is 10.6. The van der Waals surface area contributed by atoms with Crippen LogP contribution >= 0.6 is 0 Å². The van der Waals surface area contributed by atoms with Crippen molar-refractivity contribution in [3.05, 3.63) is 72.3 Å². The lowest BCUT2D eigenvalue weighted by molar-refractivity contribution is -0.169. The summed E-state index contributed by atoms with van der Waals surface area (Å²) in [6.45, 7) is 0. The number of nitrogens with one attached hydrogen (secondary N) is 1. The molecule has 6 nitrogen and oxygen atoms in total. The van der Waals surface area contributed by atoms with Crippen LogP contribution in [-0.2, 0) is 19.1 Å². The van der Waals surface area contributed by atoms with Crippen LogP contribution in [0, 0.1) is 0 Å². The van der Waals surface area contributed by atoms with Crippen LogP contribution in [0.3, 0.4) is 0 Å². The molecule has 1 aliphatic carbocycles. The highest BCUT2D eigenvalue weighted by molar-refractivity contribution is 5.94. The number of aliphatic hydroxyl groups is 1. The van der Waals surface area contributed by atoms with Crippen LogP contribution < -0.4 is 5.32 Å². The van der Waals surface area contributed by atoms with Gasteiger partial charge in [-0.3, -0.25) is 0 Å². The molecule has 0 aliphatic heterocycles. The molecule has 2 atom stereocenters. The van der Waals surface area contributed by atoms with Gasteiger partial charge in [0.25, 0.3) is 0 Å². The fraction of sp³-hybridized carbons (Fsp3) is 0.360. The van der Waals surface area contributed by atoms with E-state index in [2.05, 4.69) is 5.32 Å². The molecule has 0 heterocycles. The number of ether oxygens (including phenoxy) is 2. The summed E-state index contributed by atoms with van der Waals surface area (Å²) in [5.41, 5.74) is -0.931. The van der Waals surface area contributed by atoms with E-state index in [4.69, 9.17) is 9.47 Å². The zero-order chi connectivity index (χ0) is 22.1. The summed E-state index contributed by atoms with van der Waals surface area (Å²) < 4.78 is 10.6. The van der Waals surface area contributed by atoms with Crippen LogP contribution in [0.15, 0.2) is 66.7 Å². The average Bonchev–Trinajstić information content (AvgIpc) is 2.82. The maximum absolute atomic E-state index is 13.2. The lowest BCUT2D eigenvalue weighted by atomic mass is 9.91. The minimum atomic E-state index is -2.27. The molecule has 0 bridgehead atoms. The highest BCUT2D eigenvalue weighted by atomic mass is 16.6. The number of hydrogen-bond acceptors (Lipinski definition) is 6. The predicted octanol–water partition coefficient (Wildman–Crippen LogP) is 3.96. The first-order chi connectivity index (χ1) is 15.0. The first kappa shape index (κ1) is 22.6. The van der Waals surface area contributed by atoms with E-state index >= 15 is 0 Å². The normalized spacial score (nSPS) is 17.5. The van der Waals surface area contributed by atoms with E-state index < -0.39 is 23.6 Å². The molecule has 0 saturated heterocycles. The van der Waals surface area contributed by atoms with Gasteiger partial charge in [-0.2, -0.15) is 0 Å². The minimum Gasteiger partial charge on any atom is -0.467 e. The number of hydrogen-bond donors (Lipinski definition) is 2. The van der Waals surface area contributed by atoms with E-state index in [1.807, 2.05) is 36.4 Å². The molecule has 1 fully saturated rings. The number of carbonyl (C=O) groups excluding carboxylic acids is 2. The average molecular weight is 424 g/mol. The number of para-hydroxylation sites is 1. The summed E-state index contributed by atoms with van der Waals surface area (Å²) in [5.74, 6) is -1.64. The summed E-state index contributed by atoms with van der Waals surface area (Å²) in [7, 11) is 1.18. The second-order valence-electron chi connectivity index (χ2n) is 7.70. The molecule has 6 heteroatoms. The maximum Gasteiger partial charge on any atom is 0.344 e. The molecule has 2 aromatic carbocycles. The summed E-state index contributed by atoms with van der Waals surface area (Å²) in [6, 6.07) is 16.7. The Bertz CT molecular complexity index is 877. The SMILES string of the molecule is COC(=O)[C@@](O)(/C=C/c1ccccc1)[C@H](Nc1ccccc1)C(=O)OC1CCCCC1. The van der Waals surface area contributed by atoms with Gasteiger partial charge in [0.15, 0.2) is 6.04 Å². The Labute approximate surface area is 182 Å². The largest absolute Gasteiger partial charge is 0.467 e. The molecule has 3 rings (SSSR count). The lowest BCUT2D eigenvalue weighted by Crippen LogP contribution is -2.57. The van der Waals surface area contributed by atoms with E-state index in [9.17, 15) is 14.7 Å². The molecule has 1 aliphatic rings. The van der Waals surface area contributed by atoms with Crippen LogP contribution in [0.25, 0.3) is 6.08 Å². The van der Waals surface area contributed by atoms with Crippen molar-refractivity contribution in [1.82, 2.24) is 0 Å². The third-order valence-electron chi connectivity index (χ3n) is 5.44. The van der Waals surface area contributed by atoms with Gasteiger partial charge in [0.1, 0.15) is 6.10 Å². The van der Waals surface area contributed by atoms with Gasteiger partial charge < -0.3 is 19.9 Å². The zero-order valence-corrected chi connectivity index (χ0v) is 17.7. The van der Waals surface area contributed by atoms with Gasteiger partial charge >= 0.3 is 11.9 Å². The lowest BCUT2D eigenvalue weighted by Gasteiger charge is -2.32. The molecule has 2 aromatic rings. The highest BCUT2D eigenvalue weighted by Crippen LogP contribution is 2.26. The van der Waals surface area contributed by atoms with Gasteiger partial charge in [0.2, 0.25) is 5.60 Å². The van der Waals surface area contributed by atoms with Crippen molar-refractivity contribution in [2.75, 3.05) is 12.4 Å². The van der Waals surface area contributed by atoms with Crippen molar-refractivity contribution < 1.29 is 24.2 Å². The van der Waals surface area contributed by atoms with Gasteiger partial charge in [-0.1, -0.05) is 61.0 Å². The Kier molecular flexibility index (Phi) is 7.84. The molecular weight excluding hydrogens is 394 g/mol. The molecule has 0 radical (unpaired) electrons. The second kappa shape index (κ2) is 10.8. The Morgan fingerprint density at radius 1 is 1.03 bits per heavy atom. The minimum absolute atomic E-state index is 0.221. The predicted molar refractivity (Wildman–Crippen MR) is 119 cm³/mol. The van der Waals surface area contributed by atoms with Crippen molar-refractivity contribution >= 4 is 23.7 Å². The van der Waals surface area contributed by atoms with Crippen LogP contribution in [-0.4, -0.2) is 41.9 Å². The Morgan fingerprint density at radius 3 is 2.26 bits per heavy atom. The summed E-state index contributed by atoms with van der Waals surface area (Å²) in [4.78, 5) is 25.9. The molecule has 1 saturated carbocycles. The van der Waals surface area contributed by atoms with Crippen molar-refractivity contribution in [3.63, 3.8) is 0 Å². The highest BCUT2D eigenvalue weighted by Gasteiger charge is 2.49. The molecule has 0 unspecified atom stereocenters. The third kappa shape index (κ3) is 5.95. The van der Waals surface area contributed by atoms with Crippen molar-refractivity contribution in [3.8, 4) is 0 Å². The van der Waals surface area contributed by atoms with Crippen molar-refractivity contribution in [1.29, 1.82) is 0 Å². The van der Waals surface area contributed by atoms with E-state index in [1.54, 1.807) is 30.3 Å². The molecule has 0 spiro atoms. The summed E-state index contributed by atoms with van der Waals surface area (Å²) in [6.07, 6.45) is 7.31. The van der Waals surface area contributed by atoms with Crippen LogP contribution in [0.5, 0.6) is 0 Å². The van der Waals surface area contributed by atoms with Crippen LogP contribution in [0.1, 0.15) is 37.7 Å². The van der Waals surface area contributed by atoms with Gasteiger partial charge in [0.05, 0.1) is 7.11 Å². The van der Waals surface area contributed by atoms with Crippen LogP contribution in [0.2, 0.25) is 0 Å². The van der Waals surface area contributed by atoms with Gasteiger partial charge in [0, 0.05) is 5.69 Å². The van der Waals surface area contributed by atoms with E-state index in [0.29, 0.717) is 5.69 Å². The summed E-state index contributed by atoms with van der Waals surface area (Å²) >= 11 is 0. The maximum atomic E-state index is 13.2. The van der Waals surface area contributed by atoms with Crippen molar-refractivity contribution in [2.24, 2.45) is 0 Å². The van der Waals surface area contributed by atoms with E-state index in [0.717, 1.165) is 37.7 Å². The quantitative estimate of drug-likeness (QED) is 0.625. The van der Waals surface area contributed by atoms with Gasteiger partial charge in [-0.15, -0.1) is 0 Å². The number of methoxy groups -OCH3 is 1. The van der Waals surface area contributed by atoms with Crippen LogP contribution in [0.4, 0.5) is 5.69 Å². The zero-order valence-electron chi connectivity index (χ0n) is 17.7. The molecular formula is C25H29NO5. The standard InChI is InChI=1S/C25H29NO5/c1-30-24(28)25(29,18-17-19-11-5-2-6-12-19)22(26-20-13-7-3-8-14-20)23(27)31-21-15-9-4-10-16-21/h2-3,5-8,11-14,17-18,21-22,26,29H,4,9-10,15-16H2,1H3/b18-17+/t22-,25-/m1/s1. The number of esters is 2. The first-order valence-corrected chi connectivity index (χ1v) is 10.6. The summed E-state index contributed by atoms with van der Waals surface area (Å²) in [5, 5.41) is 14.4. The fourth-order valence-electron chi connectivity index (χ4n) is 3.70. The van der Waals surface area contributed by atoms with Crippen molar-refractivity contribution in [2.45, 2.75) is 49.9 Å². The Hall–Kier alpha value is -3.12. The second-order valence-corrected chi connectivity index (χ2v) is 7.70. The number of anilines is 1. The number of rotatable bonds is 8. The third-order valence-corrected chi connectivity index (χ3v) is 5.44. The molecule has 164 valence electrons. The molecule has 2 N–H and O–H groups in total. The number of carbonyl (C=O) groups is 2. The molecule has 0 amide bonds. The topological polar surface area (TPSA) is 84.9 Å². The van der Waals surface area contributed by atoms with E-state index in [-0.39, 0.29) is 6.10 Å². The molecule has 0 aromatic heterocycles. The van der Waals surface area contributed by atoms with E-state index in [1.165, 1.54) is 13.2 Å². The fourth-order valence-corrected chi connectivity index (χ4v) is 3.70. The Balaban J connectivity index is 1.93. The van der Waals surface area contributed by atoms with Gasteiger partial charge in [-0.25, -0.2) is 9.59 Å². The smallest absolute Gasteiger partial charge is 0.344 e. The Morgan fingerprint density at radius 2 is 1.65 bits per heavy atom.